The number of carboxylic acids is 1. The summed E-state index contributed by atoms with van der Waals surface area (Å²) in [5, 5.41) is 29.6. The Morgan fingerprint density at radius 1 is 1.22 bits per heavy atom. The van der Waals surface area contributed by atoms with Gasteiger partial charge in [-0.3, -0.25) is 4.79 Å². The number of carboxylic acid groups (broad SMARTS) is 1. The molecule has 0 spiro atoms. The smallest absolute Gasteiger partial charge is 0.306 e. The lowest BCUT2D eigenvalue weighted by molar-refractivity contribution is -0.141. The van der Waals surface area contributed by atoms with Crippen molar-refractivity contribution in [3.05, 3.63) is 12.2 Å². The predicted molar refractivity (Wildman–Crippen MR) is 111 cm³/mol. The van der Waals surface area contributed by atoms with Crippen LogP contribution in [0.3, 0.4) is 0 Å². The van der Waals surface area contributed by atoms with Crippen molar-refractivity contribution in [2.45, 2.75) is 104 Å². The van der Waals surface area contributed by atoms with Crippen LogP contribution >= 0.6 is 0 Å². The quantitative estimate of drug-likeness (QED) is 0.303. The molecule has 0 saturated heterocycles. The first-order valence-corrected chi connectivity index (χ1v) is 10.9. The van der Waals surface area contributed by atoms with E-state index in [0.29, 0.717) is 5.92 Å². The van der Waals surface area contributed by atoms with Gasteiger partial charge in [-0.2, -0.15) is 0 Å². The molecule has 1 fully saturated rings. The maximum Gasteiger partial charge on any atom is 0.306 e. The highest BCUT2D eigenvalue weighted by Gasteiger charge is 2.33. The van der Waals surface area contributed by atoms with Crippen LogP contribution in [-0.4, -0.2) is 33.5 Å². The van der Waals surface area contributed by atoms with Crippen LogP contribution in [0.2, 0.25) is 0 Å². The van der Waals surface area contributed by atoms with Gasteiger partial charge in [0.1, 0.15) is 0 Å². The highest BCUT2D eigenvalue weighted by molar-refractivity contribution is 5.69. The van der Waals surface area contributed by atoms with Gasteiger partial charge in [-0.25, -0.2) is 0 Å². The van der Waals surface area contributed by atoms with E-state index in [9.17, 15) is 15.0 Å². The van der Waals surface area contributed by atoms with Gasteiger partial charge in [0.25, 0.3) is 0 Å². The van der Waals surface area contributed by atoms with Crippen LogP contribution in [0.4, 0.5) is 0 Å². The van der Waals surface area contributed by atoms with E-state index in [1.807, 2.05) is 6.08 Å². The Kier molecular flexibility index (Phi) is 10.6. The number of hydrogen-bond donors (Lipinski definition) is 3. The summed E-state index contributed by atoms with van der Waals surface area (Å²) in [7, 11) is 0. The summed E-state index contributed by atoms with van der Waals surface area (Å²) >= 11 is 0. The Bertz CT molecular complexity index is 457. The van der Waals surface area contributed by atoms with Crippen molar-refractivity contribution in [3.63, 3.8) is 0 Å². The highest BCUT2D eigenvalue weighted by atomic mass is 16.4. The van der Waals surface area contributed by atoms with Crippen molar-refractivity contribution in [2.24, 2.45) is 23.2 Å². The van der Waals surface area contributed by atoms with Crippen molar-refractivity contribution in [1.82, 2.24) is 0 Å². The van der Waals surface area contributed by atoms with Gasteiger partial charge in [-0.15, -0.1) is 0 Å². The number of aliphatic hydroxyl groups excluding tert-OH is 2. The monoisotopic (exact) mass is 382 g/mol. The van der Waals surface area contributed by atoms with Crippen LogP contribution in [0.25, 0.3) is 0 Å². The van der Waals surface area contributed by atoms with Crippen LogP contribution in [0, 0.1) is 23.2 Å². The molecule has 1 rings (SSSR count). The maximum atomic E-state index is 10.8. The molecule has 1 aliphatic rings. The highest BCUT2D eigenvalue weighted by Crippen LogP contribution is 2.37. The van der Waals surface area contributed by atoms with E-state index >= 15 is 0 Å². The summed E-state index contributed by atoms with van der Waals surface area (Å²) in [5.74, 6) is -0.362. The number of aliphatic carboxylic acids is 1. The van der Waals surface area contributed by atoms with Crippen LogP contribution in [0.15, 0.2) is 12.2 Å². The molecular weight excluding hydrogens is 340 g/mol. The lowest BCUT2D eigenvalue weighted by atomic mass is 9.82. The predicted octanol–water partition coefficient (Wildman–Crippen LogP) is 5.18. The summed E-state index contributed by atoms with van der Waals surface area (Å²) in [6.07, 6.45) is 13.0. The van der Waals surface area contributed by atoms with Gasteiger partial charge >= 0.3 is 5.97 Å². The third-order valence-electron chi connectivity index (χ3n) is 6.21. The minimum absolute atomic E-state index is 0.153. The molecule has 0 heterocycles. The van der Waals surface area contributed by atoms with Crippen molar-refractivity contribution >= 4 is 5.97 Å². The molecule has 4 nitrogen and oxygen atoms in total. The van der Waals surface area contributed by atoms with Crippen LogP contribution in [-0.2, 0) is 4.79 Å². The largest absolute Gasteiger partial charge is 0.481 e. The molecule has 0 amide bonds. The van der Waals surface area contributed by atoms with Crippen LogP contribution < -0.4 is 0 Å². The zero-order valence-electron chi connectivity index (χ0n) is 17.9. The topological polar surface area (TPSA) is 77.8 Å². The average molecular weight is 383 g/mol. The Balaban J connectivity index is 2.40. The Labute approximate surface area is 166 Å². The number of unbranched alkanes of at least 4 members (excludes halogenated alkanes) is 2. The molecule has 4 heteroatoms. The van der Waals surface area contributed by atoms with Crippen molar-refractivity contribution in [2.75, 3.05) is 0 Å². The fraction of sp³-hybridized carbons (Fsp3) is 0.870. The Morgan fingerprint density at radius 2 is 1.93 bits per heavy atom. The normalized spacial score (nSPS) is 25.8. The Hall–Kier alpha value is -0.870. The third kappa shape index (κ3) is 9.25. The summed E-state index contributed by atoms with van der Waals surface area (Å²) in [6.45, 7) is 8.36. The summed E-state index contributed by atoms with van der Waals surface area (Å²) in [4.78, 5) is 10.8. The summed E-state index contributed by atoms with van der Waals surface area (Å²) in [5.41, 5.74) is 0.153. The zero-order chi connectivity index (χ0) is 20.4. The van der Waals surface area contributed by atoms with Crippen LogP contribution in [0.1, 0.15) is 91.9 Å². The number of aliphatic hydroxyl groups is 2. The molecule has 1 saturated carbocycles. The van der Waals surface area contributed by atoms with E-state index in [2.05, 4.69) is 26.8 Å². The van der Waals surface area contributed by atoms with Crippen molar-refractivity contribution in [3.8, 4) is 0 Å². The van der Waals surface area contributed by atoms with Gasteiger partial charge in [0, 0.05) is 0 Å². The van der Waals surface area contributed by atoms with Crippen LogP contribution in [0.5, 0.6) is 0 Å². The molecular formula is C23H42O4. The van der Waals surface area contributed by atoms with E-state index in [-0.39, 0.29) is 23.4 Å². The zero-order valence-corrected chi connectivity index (χ0v) is 17.9. The first kappa shape index (κ1) is 24.2. The van der Waals surface area contributed by atoms with E-state index in [0.717, 1.165) is 64.2 Å². The molecule has 27 heavy (non-hydrogen) atoms. The van der Waals surface area contributed by atoms with E-state index in [1.54, 1.807) is 6.92 Å². The second-order valence-corrected chi connectivity index (χ2v) is 9.42. The number of allylic oxidation sites excluding steroid dienone is 1. The van der Waals surface area contributed by atoms with E-state index in [4.69, 9.17) is 5.11 Å². The van der Waals surface area contributed by atoms with Gasteiger partial charge in [-0.05, 0) is 55.8 Å². The number of rotatable bonds is 13. The first-order valence-electron chi connectivity index (χ1n) is 10.9. The molecule has 0 aliphatic heterocycles. The molecule has 0 bridgehead atoms. The third-order valence-corrected chi connectivity index (χ3v) is 6.21. The lowest BCUT2D eigenvalue weighted by Crippen LogP contribution is -2.20. The second-order valence-electron chi connectivity index (χ2n) is 9.42. The van der Waals surface area contributed by atoms with Gasteiger partial charge in [0.15, 0.2) is 0 Å². The first-order chi connectivity index (χ1) is 12.7. The second kappa shape index (κ2) is 11.9. The van der Waals surface area contributed by atoms with Gasteiger partial charge in [0.05, 0.1) is 18.1 Å². The van der Waals surface area contributed by atoms with Gasteiger partial charge in [-0.1, -0.05) is 65.5 Å². The van der Waals surface area contributed by atoms with Gasteiger partial charge < -0.3 is 15.3 Å². The molecule has 158 valence electrons. The molecule has 3 N–H and O–H groups in total. The maximum absolute atomic E-state index is 10.8. The Morgan fingerprint density at radius 3 is 2.56 bits per heavy atom. The SMILES string of the molecule is CCCC(C)(C)CC(O)C=C[C@H]1CC[C@H](O)[C@@H]1CCCCCC(C)C(=O)O. The fourth-order valence-electron chi connectivity index (χ4n) is 4.54. The van der Waals surface area contributed by atoms with E-state index in [1.165, 1.54) is 0 Å². The lowest BCUT2D eigenvalue weighted by Gasteiger charge is -2.26. The molecule has 0 aromatic carbocycles. The van der Waals surface area contributed by atoms with Crippen molar-refractivity contribution < 1.29 is 20.1 Å². The molecule has 0 aromatic heterocycles. The van der Waals surface area contributed by atoms with Crippen molar-refractivity contribution in [1.29, 1.82) is 0 Å². The summed E-state index contributed by atoms with van der Waals surface area (Å²) in [6, 6.07) is 0. The minimum Gasteiger partial charge on any atom is -0.481 e. The molecule has 0 aromatic rings. The van der Waals surface area contributed by atoms with E-state index < -0.39 is 12.1 Å². The average Bonchev–Trinajstić information content (AvgIpc) is 2.92. The summed E-state index contributed by atoms with van der Waals surface area (Å²) < 4.78 is 0. The standard InChI is InChI=1S/C23H42O4/c1-5-15-23(3,4)16-19(24)13-11-18-12-14-21(25)20(18)10-8-6-7-9-17(2)22(26)27/h11,13,17-21,24-25H,5-10,12,14-16H2,1-4H3,(H,26,27)/t17?,18-,19?,20+,21-/m0/s1. The molecule has 0 radical (unpaired) electrons. The minimum atomic E-state index is -0.716. The molecule has 2 unspecified atom stereocenters. The van der Waals surface area contributed by atoms with Gasteiger partial charge in [0.2, 0.25) is 0 Å². The molecule has 1 aliphatic carbocycles. The fourth-order valence-corrected chi connectivity index (χ4v) is 4.54. The molecule has 5 atom stereocenters. The number of hydrogen-bond acceptors (Lipinski definition) is 3. The number of carbonyl (C=O) groups is 1.